The summed E-state index contributed by atoms with van der Waals surface area (Å²) in [5.41, 5.74) is 0. The number of hydrogen-bond donors (Lipinski definition) is 1. The Morgan fingerprint density at radius 1 is 1.43 bits per heavy atom. The van der Waals surface area contributed by atoms with E-state index in [2.05, 4.69) is 14.1 Å². The molecule has 0 aliphatic carbocycles. The summed E-state index contributed by atoms with van der Waals surface area (Å²) in [6.45, 7) is 0. The van der Waals surface area contributed by atoms with Crippen LogP contribution in [0.2, 0.25) is 0 Å². The zero-order valence-corrected chi connectivity index (χ0v) is 8.05. The molecule has 0 aliphatic heterocycles. The lowest BCUT2D eigenvalue weighted by atomic mass is 10.3. The number of hydrogen-bond acceptors (Lipinski definition) is 4. The van der Waals surface area contributed by atoms with Crippen molar-refractivity contribution in [3.8, 4) is 11.5 Å². The number of methoxy groups -OCH3 is 1. The maximum atomic E-state index is 13.0. The van der Waals surface area contributed by atoms with Gasteiger partial charge in [-0.1, -0.05) is 0 Å². The minimum atomic E-state index is -4.12. The van der Waals surface area contributed by atoms with E-state index in [4.69, 9.17) is 0 Å². The molecule has 1 aromatic rings. The molecule has 1 aromatic carbocycles. The second-order valence-corrected chi connectivity index (χ2v) is 3.52. The number of nitrogens with two attached hydrogens (primary N) is 1. The van der Waals surface area contributed by atoms with Gasteiger partial charge in [-0.2, -0.15) is 13.6 Å². The summed E-state index contributed by atoms with van der Waals surface area (Å²) in [5.74, 6) is -0.939. The van der Waals surface area contributed by atoms with E-state index in [9.17, 15) is 12.8 Å². The summed E-state index contributed by atoms with van der Waals surface area (Å²) in [7, 11) is -2.83. The van der Waals surface area contributed by atoms with Crippen LogP contribution in [-0.4, -0.2) is 15.5 Å². The molecule has 78 valence electrons. The van der Waals surface area contributed by atoms with Gasteiger partial charge in [0.25, 0.3) is 0 Å². The van der Waals surface area contributed by atoms with Crippen molar-refractivity contribution in [2.75, 3.05) is 7.11 Å². The maximum Gasteiger partial charge on any atom is 0.380 e. The Bertz CT molecular complexity index is 431. The first kappa shape index (κ1) is 10.7. The Hall–Kier alpha value is -1.34. The number of rotatable bonds is 3. The van der Waals surface area contributed by atoms with Crippen LogP contribution in [0.4, 0.5) is 4.39 Å². The Balaban J connectivity index is 2.98. The summed E-state index contributed by atoms with van der Waals surface area (Å²) in [6, 6.07) is 3.32. The van der Waals surface area contributed by atoms with Gasteiger partial charge in [0, 0.05) is 6.07 Å². The molecule has 0 saturated carbocycles. The lowest BCUT2D eigenvalue weighted by molar-refractivity contribution is 0.384. The highest BCUT2D eigenvalue weighted by Crippen LogP contribution is 2.22. The van der Waals surface area contributed by atoms with Crippen LogP contribution in [0, 0.1) is 5.82 Å². The van der Waals surface area contributed by atoms with Gasteiger partial charge in [0.05, 0.1) is 7.11 Å². The van der Waals surface area contributed by atoms with Gasteiger partial charge in [-0.05, 0) is 12.1 Å². The second-order valence-electron chi connectivity index (χ2n) is 2.37. The van der Waals surface area contributed by atoms with Gasteiger partial charge in [-0.15, -0.1) is 0 Å². The maximum absolute atomic E-state index is 13.0. The molecule has 0 atom stereocenters. The molecule has 0 aliphatic rings. The molecule has 0 fully saturated rings. The van der Waals surface area contributed by atoms with Crippen molar-refractivity contribution in [1.82, 2.24) is 0 Å². The molecule has 0 spiro atoms. The van der Waals surface area contributed by atoms with Gasteiger partial charge in [0.2, 0.25) is 0 Å². The van der Waals surface area contributed by atoms with Gasteiger partial charge >= 0.3 is 10.3 Å². The van der Waals surface area contributed by atoms with Crippen molar-refractivity contribution in [2.24, 2.45) is 5.14 Å². The summed E-state index contributed by atoms with van der Waals surface area (Å²) < 4.78 is 42.8. The van der Waals surface area contributed by atoms with Crippen LogP contribution < -0.4 is 14.1 Å². The standard InChI is InChI=1S/C7H8FNO4S/c1-12-7-3-2-5(4-6(7)8)13-14(9,10)11/h2-4H,1H3,(H2,9,10,11). The molecule has 0 radical (unpaired) electrons. The Kier molecular flexibility index (Phi) is 2.92. The molecule has 0 aromatic heterocycles. The molecule has 7 heteroatoms. The third-order valence-electron chi connectivity index (χ3n) is 1.34. The molecule has 0 heterocycles. The summed E-state index contributed by atoms with van der Waals surface area (Å²) in [5, 5.41) is 4.58. The molecule has 1 rings (SSSR count). The molecule has 0 bridgehead atoms. The largest absolute Gasteiger partial charge is 0.494 e. The van der Waals surface area contributed by atoms with Gasteiger partial charge in [0.15, 0.2) is 11.6 Å². The van der Waals surface area contributed by atoms with Crippen molar-refractivity contribution in [2.45, 2.75) is 0 Å². The Morgan fingerprint density at radius 2 is 2.07 bits per heavy atom. The van der Waals surface area contributed by atoms with Crippen molar-refractivity contribution in [3.05, 3.63) is 24.0 Å². The molecule has 2 N–H and O–H groups in total. The normalized spacial score (nSPS) is 11.1. The van der Waals surface area contributed by atoms with E-state index in [-0.39, 0.29) is 11.5 Å². The van der Waals surface area contributed by atoms with Crippen LogP contribution in [0.25, 0.3) is 0 Å². The van der Waals surface area contributed by atoms with Crippen LogP contribution in [0.1, 0.15) is 0 Å². The zero-order chi connectivity index (χ0) is 10.8. The van der Waals surface area contributed by atoms with Gasteiger partial charge < -0.3 is 8.92 Å². The van der Waals surface area contributed by atoms with Crippen molar-refractivity contribution in [1.29, 1.82) is 0 Å². The SMILES string of the molecule is COc1ccc(OS(N)(=O)=O)cc1F. The summed E-state index contributed by atoms with van der Waals surface area (Å²) in [6.07, 6.45) is 0. The van der Waals surface area contributed by atoms with E-state index in [0.717, 1.165) is 6.07 Å². The first-order valence-electron chi connectivity index (χ1n) is 3.48. The highest BCUT2D eigenvalue weighted by molar-refractivity contribution is 7.84. The van der Waals surface area contributed by atoms with Gasteiger partial charge in [-0.3, -0.25) is 0 Å². The fourth-order valence-electron chi connectivity index (χ4n) is 0.833. The van der Waals surface area contributed by atoms with Crippen molar-refractivity contribution in [3.63, 3.8) is 0 Å². The van der Waals surface area contributed by atoms with Crippen molar-refractivity contribution >= 4 is 10.3 Å². The van der Waals surface area contributed by atoms with Crippen LogP contribution in [-0.2, 0) is 10.3 Å². The third-order valence-corrected chi connectivity index (χ3v) is 1.76. The van der Waals surface area contributed by atoms with E-state index in [1.807, 2.05) is 0 Å². The van der Waals surface area contributed by atoms with E-state index in [0.29, 0.717) is 0 Å². The second kappa shape index (κ2) is 3.81. The number of benzene rings is 1. The molecule has 0 saturated heterocycles. The highest BCUT2D eigenvalue weighted by atomic mass is 32.2. The Morgan fingerprint density at radius 3 is 2.50 bits per heavy atom. The van der Waals surface area contributed by atoms with E-state index in [1.165, 1.54) is 19.2 Å². The molecule has 5 nitrogen and oxygen atoms in total. The smallest absolute Gasteiger partial charge is 0.380 e. The Labute approximate surface area is 80.5 Å². The lowest BCUT2D eigenvalue weighted by Crippen LogP contribution is -2.18. The predicted molar refractivity (Wildman–Crippen MR) is 46.7 cm³/mol. The summed E-state index contributed by atoms with van der Waals surface area (Å²) in [4.78, 5) is 0. The molecule has 0 amide bonds. The van der Waals surface area contributed by atoms with E-state index >= 15 is 0 Å². The fraction of sp³-hybridized carbons (Fsp3) is 0.143. The van der Waals surface area contributed by atoms with Crippen LogP contribution in [0.3, 0.4) is 0 Å². The third kappa shape index (κ3) is 2.86. The van der Waals surface area contributed by atoms with E-state index in [1.54, 1.807) is 0 Å². The zero-order valence-electron chi connectivity index (χ0n) is 7.23. The average molecular weight is 221 g/mol. The van der Waals surface area contributed by atoms with Crippen LogP contribution in [0.5, 0.6) is 11.5 Å². The fourth-order valence-corrected chi connectivity index (χ4v) is 1.20. The van der Waals surface area contributed by atoms with E-state index < -0.39 is 16.1 Å². The lowest BCUT2D eigenvalue weighted by Gasteiger charge is -2.04. The number of halogens is 1. The highest BCUT2D eigenvalue weighted by Gasteiger charge is 2.08. The van der Waals surface area contributed by atoms with Crippen molar-refractivity contribution < 1.29 is 21.7 Å². The van der Waals surface area contributed by atoms with Crippen LogP contribution >= 0.6 is 0 Å². The number of ether oxygens (including phenoxy) is 1. The van der Waals surface area contributed by atoms with Crippen LogP contribution in [0.15, 0.2) is 18.2 Å². The molecule has 0 unspecified atom stereocenters. The summed E-state index contributed by atoms with van der Waals surface area (Å²) >= 11 is 0. The first-order valence-corrected chi connectivity index (χ1v) is 4.95. The topological polar surface area (TPSA) is 78.6 Å². The minimum absolute atomic E-state index is 0.00762. The predicted octanol–water partition coefficient (Wildman–Crippen LogP) is 0.417. The van der Waals surface area contributed by atoms with Gasteiger partial charge in [-0.25, -0.2) is 4.39 Å². The minimum Gasteiger partial charge on any atom is -0.494 e. The molecule has 14 heavy (non-hydrogen) atoms. The monoisotopic (exact) mass is 221 g/mol. The molecular weight excluding hydrogens is 213 g/mol. The first-order chi connectivity index (χ1) is 6.42. The molecular formula is C7H8FNO4S. The average Bonchev–Trinajstić information content (AvgIpc) is 2.01. The quantitative estimate of drug-likeness (QED) is 0.802. The van der Waals surface area contributed by atoms with Gasteiger partial charge in [0.1, 0.15) is 5.75 Å².